The molecular formula is C14H17BrN2OS. The number of nitrogens with two attached hydrogens (primary N) is 1. The zero-order valence-electron chi connectivity index (χ0n) is 10.9. The van der Waals surface area contributed by atoms with E-state index in [1.807, 2.05) is 18.2 Å². The van der Waals surface area contributed by atoms with Crippen molar-refractivity contribution in [3.8, 4) is 5.75 Å². The molecule has 0 amide bonds. The first-order valence-corrected chi connectivity index (χ1v) is 7.94. The van der Waals surface area contributed by atoms with Gasteiger partial charge in [-0.1, -0.05) is 22.9 Å². The van der Waals surface area contributed by atoms with Crippen LogP contribution in [-0.4, -0.2) is 4.98 Å². The number of hydrogen-bond acceptors (Lipinski definition) is 4. The summed E-state index contributed by atoms with van der Waals surface area (Å²) in [5, 5.41) is 3.24. The lowest BCUT2D eigenvalue weighted by molar-refractivity contribution is 0.298. The van der Waals surface area contributed by atoms with Gasteiger partial charge in [0.05, 0.1) is 10.7 Å². The SMILES string of the molecule is CCCc1nc(COc2ccc(Br)cc2CN)cs1. The minimum Gasteiger partial charge on any atom is -0.487 e. The van der Waals surface area contributed by atoms with Gasteiger partial charge in [-0.05, 0) is 31.0 Å². The number of aromatic nitrogens is 1. The molecule has 0 spiro atoms. The Morgan fingerprint density at radius 1 is 1.42 bits per heavy atom. The van der Waals surface area contributed by atoms with Gasteiger partial charge in [-0.25, -0.2) is 4.98 Å². The number of benzene rings is 1. The van der Waals surface area contributed by atoms with Gasteiger partial charge in [0.2, 0.25) is 0 Å². The van der Waals surface area contributed by atoms with Gasteiger partial charge in [-0.15, -0.1) is 11.3 Å². The van der Waals surface area contributed by atoms with Crippen LogP contribution in [-0.2, 0) is 19.6 Å². The van der Waals surface area contributed by atoms with Crippen molar-refractivity contribution in [3.05, 3.63) is 44.3 Å². The third-order valence-corrected chi connectivity index (χ3v) is 4.13. The largest absolute Gasteiger partial charge is 0.487 e. The molecule has 0 radical (unpaired) electrons. The van der Waals surface area contributed by atoms with Crippen LogP contribution in [0, 0.1) is 0 Å². The summed E-state index contributed by atoms with van der Waals surface area (Å²) in [6, 6.07) is 5.88. The average Bonchev–Trinajstić information content (AvgIpc) is 2.85. The number of aryl methyl sites for hydroxylation is 1. The molecular weight excluding hydrogens is 324 g/mol. The standard InChI is InChI=1S/C14H17BrN2OS/c1-2-3-14-17-12(9-19-14)8-18-13-5-4-11(15)6-10(13)7-16/h4-6,9H,2-3,7-8,16H2,1H3. The van der Waals surface area contributed by atoms with Crippen LogP contribution in [0.3, 0.4) is 0 Å². The fourth-order valence-electron chi connectivity index (χ4n) is 1.74. The van der Waals surface area contributed by atoms with Crippen molar-refractivity contribution in [3.63, 3.8) is 0 Å². The van der Waals surface area contributed by atoms with Crippen molar-refractivity contribution < 1.29 is 4.74 Å². The molecule has 102 valence electrons. The molecule has 0 saturated carbocycles. The Labute approximate surface area is 125 Å². The van der Waals surface area contributed by atoms with Crippen molar-refractivity contribution in [2.45, 2.75) is 32.9 Å². The van der Waals surface area contributed by atoms with E-state index < -0.39 is 0 Å². The molecule has 19 heavy (non-hydrogen) atoms. The summed E-state index contributed by atoms with van der Waals surface area (Å²) >= 11 is 5.13. The van der Waals surface area contributed by atoms with Gasteiger partial charge < -0.3 is 10.5 Å². The Hall–Kier alpha value is -0.910. The quantitative estimate of drug-likeness (QED) is 0.867. The molecule has 3 nitrogen and oxygen atoms in total. The molecule has 1 aromatic carbocycles. The summed E-state index contributed by atoms with van der Waals surface area (Å²) in [5.74, 6) is 0.829. The monoisotopic (exact) mass is 340 g/mol. The van der Waals surface area contributed by atoms with E-state index in [0.29, 0.717) is 13.2 Å². The Bertz CT molecular complexity index is 542. The summed E-state index contributed by atoms with van der Waals surface area (Å²) in [7, 11) is 0. The Kier molecular flexibility index (Phi) is 5.36. The maximum Gasteiger partial charge on any atom is 0.131 e. The van der Waals surface area contributed by atoms with Gasteiger partial charge in [0.25, 0.3) is 0 Å². The van der Waals surface area contributed by atoms with Crippen molar-refractivity contribution in [1.82, 2.24) is 4.98 Å². The van der Waals surface area contributed by atoms with Crippen LogP contribution in [0.2, 0.25) is 0 Å². The number of thiazole rings is 1. The predicted molar refractivity (Wildman–Crippen MR) is 82.5 cm³/mol. The van der Waals surface area contributed by atoms with Crippen LogP contribution in [0.1, 0.15) is 29.6 Å². The lowest BCUT2D eigenvalue weighted by Gasteiger charge is -2.09. The Morgan fingerprint density at radius 3 is 3.00 bits per heavy atom. The van der Waals surface area contributed by atoms with Gasteiger partial charge in [-0.2, -0.15) is 0 Å². The molecule has 0 bridgehead atoms. The number of hydrogen-bond donors (Lipinski definition) is 1. The highest BCUT2D eigenvalue weighted by atomic mass is 79.9. The van der Waals surface area contributed by atoms with E-state index in [2.05, 4.69) is 33.2 Å². The maximum absolute atomic E-state index is 5.80. The maximum atomic E-state index is 5.80. The van der Waals surface area contributed by atoms with Gasteiger partial charge >= 0.3 is 0 Å². The molecule has 0 saturated heterocycles. The van der Waals surface area contributed by atoms with Crippen molar-refractivity contribution in [2.24, 2.45) is 5.73 Å². The van der Waals surface area contributed by atoms with E-state index in [1.165, 1.54) is 5.01 Å². The fourth-order valence-corrected chi connectivity index (χ4v) is 3.04. The van der Waals surface area contributed by atoms with Crippen LogP contribution in [0.5, 0.6) is 5.75 Å². The smallest absolute Gasteiger partial charge is 0.131 e. The minimum atomic E-state index is 0.465. The van der Waals surface area contributed by atoms with E-state index in [4.69, 9.17) is 10.5 Å². The van der Waals surface area contributed by atoms with Crippen molar-refractivity contribution in [1.29, 1.82) is 0 Å². The normalized spacial score (nSPS) is 10.7. The first-order chi connectivity index (χ1) is 9.22. The number of rotatable bonds is 6. The predicted octanol–water partition coefficient (Wildman–Crippen LogP) is 3.90. The first kappa shape index (κ1) is 14.5. The second-order valence-electron chi connectivity index (χ2n) is 4.23. The third-order valence-electron chi connectivity index (χ3n) is 2.68. The Balaban J connectivity index is 2.01. The highest BCUT2D eigenvalue weighted by molar-refractivity contribution is 9.10. The van der Waals surface area contributed by atoms with E-state index >= 15 is 0 Å². The Morgan fingerprint density at radius 2 is 2.26 bits per heavy atom. The van der Waals surface area contributed by atoms with Crippen LogP contribution in [0.4, 0.5) is 0 Å². The lowest BCUT2D eigenvalue weighted by Crippen LogP contribution is -2.03. The molecule has 0 aliphatic heterocycles. The topological polar surface area (TPSA) is 48.1 Å². The summed E-state index contributed by atoms with van der Waals surface area (Å²) in [6.45, 7) is 3.12. The number of ether oxygens (including phenoxy) is 1. The second-order valence-corrected chi connectivity index (χ2v) is 6.09. The molecule has 2 N–H and O–H groups in total. The molecule has 0 aliphatic carbocycles. The molecule has 0 atom stereocenters. The number of halogens is 1. The first-order valence-electron chi connectivity index (χ1n) is 6.27. The third kappa shape index (κ3) is 4.03. The molecule has 2 aromatic rings. The lowest BCUT2D eigenvalue weighted by atomic mass is 10.2. The number of nitrogens with zero attached hydrogens (tertiary/aromatic N) is 1. The van der Waals surface area contributed by atoms with Crippen LogP contribution >= 0.6 is 27.3 Å². The highest BCUT2D eigenvalue weighted by Gasteiger charge is 2.06. The van der Waals surface area contributed by atoms with Crippen LogP contribution < -0.4 is 10.5 Å². The minimum absolute atomic E-state index is 0.465. The van der Waals surface area contributed by atoms with Crippen LogP contribution in [0.15, 0.2) is 28.1 Å². The van der Waals surface area contributed by atoms with E-state index in [9.17, 15) is 0 Å². The molecule has 0 fully saturated rings. The fraction of sp³-hybridized carbons (Fsp3) is 0.357. The zero-order valence-corrected chi connectivity index (χ0v) is 13.3. The summed E-state index contributed by atoms with van der Waals surface area (Å²) in [6.07, 6.45) is 2.16. The van der Waals surface area contributed by atoms with Gasteiger partial charge in [0.15, 0.2) is 0 Å². The van der Waals surface area contributed by atoms with E-state index in [1.54, 1.807) is 11.3 Å². The zero-order chi connectivity index (χ0) is 13.7. The summed E-state index contributed by atoms with van der Waals surface area (Å²) < 4.78 is 6.82. The average molecular weight is 341 g/mol. The van der Waals surface area contributed by atoms with Gasteiger partial charge in [0, 0.05) is 22.0 Å². The molecule has 0 aliphatic rings. The summed E-state index contributed by atoms with van der Waals surface area (Å²) in [5.41, 5.74) is 7.70. The van der Waals surface area contributed by atoms with Gasteiger partial charge in [0.1, 0.15) is 12.4 Å². The van der Waals surface area contributed by atoms with Crippen molar-refractivity contribution >= 4 is 27.3 Å². The second kappa shape index (κ2) is 7.03. The highest BCUT2D eigenvalue weighted by Crippen LogP contribution is 2.24. The molecule has 1 aromatic heterocycles. The van der Waals surface area contributed by atoms with Gasteiger partial charge in [-0.3, -0.25) is 0 Å². The van der Waals surface area contributed by atoms with Crippen LogP contribution in [0.25, 0.3) is 0 Å². The molecule has 5 heteroatoms. The molecule has 2 rings (SSSR count). The van der Waals surface area contributed by atoms with E-state index in [-0.39, 0.29) is 0 Å². The summed E-state index contributed by atoms with van der Waals surface area (Å²) in [4.78, 5) is 4.54. The van der Waals surface area contributed by atoms with Crippen molar-refractivity contribution in [2.75, 3.05) is 0 Å². The molecule has 1 heterocycles. The van der Waals surface area contributed by atoms with E-state index in [0.717, 1.165) is 34.3 Å². The molecule has 0 unspecified atom stereocenters.